The van der Waals surface area contributed by atoms with E-state index in [0.717, 1.165) is 51.4 Å². The monoisotopic (exact) mass is 398 g/mol. The summed E-state index contributed by atoms with van der Waals surface area (Å²) >= 11 is 0. The Hall–Kier alpha value is -0.830. The van der Waals surface area contributed by atoms with E-state index in [2.05, 4.69) is 34.6 Å². The van der Waals surface area contributed by atoms with Gasteiger partial charge in [0.2, 0.25) is 0 Å². The summed E-state index contributed by atoms with van der Waals surface area (Å²) in [5.74, 6) is 0.522. The quantitative estimate of drug-likeness (QED) is 0.238. The summed E-state index contributed by atoms with van der Waals surface area (Å²) in [6.07, 6.45) is 8.47. The van der Waals surface area contributed by atoms with E-state index in [4.69, 9.17) is 13.6 Å². The summed E-state index contributed by atoms with van der Waals surface area (Å²) in [5.41, 5.74) is 1.26. The molecular weight excluding hydrogens is 359 g/mol. The van der Waals surface area contributed by atoms with E-state index in [1.807, 2.05) is 24.3 Å². The van der Waals surface area contributed by atoms with Crippen LogP contribution in [0, 0.1) is 0 Å². The molecule has 0 saturated carbocycles. The van der Waals surface area contributed by atoms with E-state index in [9.17, 15) is 4.57 Å². The Kier molecular flexibility index (Phi) is 11.3. The van der Waals surface area contributed by atoms with Gasteiger partial charge in [-0.1, -0.05) is 85.3 Å². The Morgan fingerprint density at radius 3 is 1.67 bits per heavy atom. The molecule has 4 nitrogen and oxygen atoms in total. The second kappa shape index (κ2) is 12.6. The van der Waals surface area contributed by atoms with E-state index in [0.29, 0.717) is 19.0 Å². The average molecular weight is 399 g/mol. The van der Waals surface area contributed by atoms with Crippen LogP contribution >= 0.6 is 7.82 Å². The molecule has 0 bridgehead atoms. The maximum absolute atomic E-state index is 13.1. The van der Waals surface area contributed by atoms with Crippen molar-refractivity contribution >= 4 is 7.82 Å². The molecule has 0 spiro atoms. The van der Waals surface area contributed by atoms with Gasteiger partial charge < -0.3 is 4.52 Å². The van der Waals surface area contributed by atoms with Gasteiger partial charge in [-0.15, -0.1) is 0 Å². The van der Waals surface area contributed by atoms with Gasteiger partial charge >= 0.3 is 7.82 Å². The van der Waals surface area contributed by atoms with E-state index in [1.54, 1.807) is 0 Å². The van der Waals surface area contributed by atoms with Gasteiger partial charge in [0.25, 0.3) is 0 Å². The summed E-state index contributed by atoms with van der Waals surface area (Å²) in [7, 11) is -3.59. The maximum atomic E-state index is 13.1. The third kappa shape index (κ3) is 10.3. The normalized spacial score (nSPS) is 12.3. The first-order valence-electron chi connectivity index (χ1n) is 10.5. The third-order valence-electron chi connectivity index (χ3n) is 4.43. The molecule has 0 fully saturated rings. The number of rotatable bonds is 14. The number of phosphoric acid groups is 1. The standard InChI is InChI=1S/C22H39O4P/c1-6-8-10-12-18-24-27(23,25-19-13-11-9-7-2)26-21-16-14-20(15-17-21)22(3,4)5/h14-17H,6-13,18-19H2,1-5H3. The Labute approximate surface area is 166 Å². The van der Waals surface area contributed by atoms with Gasteiger partial charge in [0.1, 0.15) is 5.75 Å². The van der Waals surface area contributed by atoms with Gasteiger partial charge in [0, 0.05) is 0 Å². The highest BCUT2D eigenvalue weighted by atomic mass is 31.2. The van der Waals surface area contributed by atoms with E-state index in [1.165, 1.54) is 5.56 Å². The van der Waals surface area contributed by atoms with Crippen LogP contribution in [0.2, 0.25) is 0 Å². The molecule has 0 atom stereocenters. The lowest BCUT2D eigenvalue weighted by atomic mass is 9.87. The van der Waals surface area contributed by atoms with Crippen LogP contribution in [0.5, 0.6) is 5.75 Å². The zero-order chi connectivity index (χ0) is 20.2. The average Bonchev–Trinajstić information content (AvgIpc) is 2.61. The summed E-state index contributed by atoms with van der Waals surface area (Å²) in [4.78, 5) is 0. The molecule has 0 amide bonds. The van der Waals surface area contributed by atoms with Crippen LogP contribution in [0.1, 0.15) is 91.5 Å². The molecule has 0 unspecified atom stereocenters. The highest BCUT2D eigenvalue weighted by molar-refractivity contribution is 7.48. The zero-order valence-electron chi connectivity index (χ0n) is 18.0. The number of hydrogen-bond acceptors (Lipinski definition) is 4. The van der Waals surface area contributed by atoms with Crippen molar-refractivity contribution in [3.8, 4) is 5.75 Å². The third-order valence-corrected chi connectivity index (χ3v) is 5.86. The first-order chi connectivity index (χ1) is 12.8. The summed E-state index contributed by atoms with van der Waals surface area (Å²) in [6.45, 7) is 11.6. The lowest BCUT2D eigenvalue weighted by Crippen LogP contribution is -2.10. The maximum Gasteiger partial charge on any atom is 0.530 e. The van der Waals surface area contributed by atoms with E-state index >= 15 is 0 Å². The SMILES string of the molecule is CCCCCCOP(=O)(OCCCCCC)Oc1ccc(C(C)(C)C)cc1. The molecule has 0 heterocycles. The molecule has 1 aromatic carbocycles. The molecule has 1 rings (SSSR count). The molecule has 0 radical (unpaired) electrons. The lowest BCUT2D eigenvalue weighted by molar-refractivity contribution is 0.151. The van der Waals surface area contributed by atoms with Crippen molar-refractivity contribution in [2.24, 2.45) is 0 Å². The molecule has 0 aliphatic carbocycles. The van der Waals surface area contributed by atoms with Gasteiger partial charge in [-0.05, 0) is 36.0 Å². The highest BCUT2D eigenvalue weighted by Gasteiger charge is 2.28. The number of unbranched alkanes of at least 4 members (excludes halogenated alkanes) is 6. The van der Waals surface area contributed by atoms with Crippen molar-refractivity contribution in [3.63, 3.8) is 0 Å². The predicted molar refractivity (Wildman–Crippen MR) is 114 cm³/mol. The summed E-state index contributed by atoms with van der Waals surface area (Å²) < 4.78 is 29.9. The molecule has 0 aromatic heterocycles. The fourth-order valence-electron chi connectivity index (χ4n) is 2.65. The van der Waals surface area contributed by atoms with Crippen molar-refractivity contribution in [2.45, 2.75) is 91.4 Å². The highest BCUT2D eigenvalue weighted by Crippen LogP contribution is 2.50. The second-order valence-corrected chi connectivity index (χ2v) is 9.69. The van der Waals surface area contributed by atoms with Gasteiger partial charge in [-0.2, -0.15) is 0 Å². The molecule has 1 aromatic rings. The first kappa shape index (κ1) is 24.2. The lowest BCUT2D eigenvalue weighted by Gasteiger charge is -2.21. The summed E-state index contributed by atoms with van der Waals surface area (Å²) in [6, 6.07) is 7.69. The molecule has 0 aliphatic heterocycles. The molecule has 0 N–H and O–H groups in total. The Morgan fingerprint density at radius 2 is 1.26 bits per heavy atom. The molecular formula is C22H39O4P. The van der Waals surface area contributed by atoms with Crippen LogP contribution in [0.25, 0.3) is 0 Å². The van der Waals surface area contributed by atoms with Crippen LogP contribution in [0.15, 0.2) is 24.3 Å². The number of phosphoric ester groups is 1. The fraction of sp³-hybridized carbons (Fsp3) is 0.727. The predicted octanol–water partition coefficient (Wildman–Crippen LogP) is 7.66. The minimum Gasteiger partial charge on any atom is -0.404 e. The first-order valence-corrected chi connectivity index (χ1v) is 12.0. The van der Waals surface area contributed by atoms with Crippen LogP contribution in [-0.2, 0) is 19.0 Å². The fourth-order valence-corrected chi connectivity index (χ4v) is 3.91. The van der Waals surface area contributed by atoms with Gasteiger partial charge in [-0.25, -0.2) is 4.57 Å². The molecule has 0 saturated heterocycles. The topological polar surface area (TPSA) is 44.8 Å². The Balaban J connectivity index is 2.66. The minimum absolute atomic E-state index is 0.0633. The van der Waals surface area contributed by atoms with Crippen LogP contribution < -0.4 is 4.52 Å². The molecule has 5 heteroatoms. The zero-order valence-corrected chi connectivity index (χ0v) is 18.9. The Morgan fingerprint density at radius 1 is 0.778 bits per heavy atom. The van der Waals surface area contributed by atoms with E-state index in [-0.39, 0.29) is 5.41 Å². The largest absolute Gasteiger partial charge is 0.530 e. The van der Waals surface area contributed by atoms with Crippen molar-refractivity contribution in [1.29, 1.82) is 0 Å². The van der Waals surface area contributed by atoms with Gasteiger partial charge in [-0.3, -0.25) is 9.05 Å². The molecule has 156 valence electrons. The summed E-state index contributed by atoms with van der Waals surface area (Å²) in [5, 5.41) is 0. The van der Waals surface area contributed by atoms with Gasteiger partial charge in [0.15, 0.2) is 0 Å². The van der Waals surface area contributed by atoms with Crippen molar-refractivity contribution < 1.29 is 18.1 Å². The number of benzene rings is 1. The van der Waals surface area contributed by atoms with Crippen molar-refractivity contribution in [1.82, 2.24) is 0 Å². The van der Waals surface area contributed by atoms with Crippen LogP contribution in [-0.4, -0.2) is 13.2 Å². The van der Waals surface area contributed by atoms with Gasteiger partial charge in [0.05, 0.1) is 13.2 Å². The molecule has 27 heavy (non-hydrogen) atoms. The molecule has 0 aliphatic rings. The van der Waals surface area contributed by atoms with E-state index < -0.39 is 7.82 Å². The van der Waals surface area contributed by atoms with Crippen LogP contribution in [0.3, 0.4) is 0 Å². The smallest absolute Gasteiger partial charge is 0.404 e. The van der Waals surface area contributed by atoms with Crippen LogP contribution in [0.4, 0.5) is 0 Å². The minimum atomic E-state index is -3.59. The Bertz CT molecular complexity index is 530. The van der Waals surface area contributed by atoms with Crippen molar-refractivity contribution in [2.75, 3.05) is 13.2 Å². The van der Waals surface area contributed by atoms with Crippen molar-refractivity contribution in [3.05, 3.63) is 29.8 Å². The second-order valence-electron chi connectivity index (χ2n) is 8.10. The number of hydrogen-bond donors (Lipinski definition) is 0.